The molecule has 2 aromatic rings. The molecule has 20 heavy (non-hydrogen) atoms. The third-order valence-corrected chi connectivity index (χ3v) is 3.88. The van der Waals surface area contributed by atoms with E-state index in [1.807, 2.05) is 20.0 Å². The number of rotatable bonds is 5. The topological polar surface area (TPSA) is 29.9 Å². The van der Waals surface area contributed by atoms with Gasteiger partial charge in [0.1, 0.15) is 5.82 Å². The van der Waals surface area contributed by atoms with Crippen LogP contribution in [0.5, 0.6) is 0 Å². The average molecular weight is 340 g/mol. The molecule has 1 atom stereocenters. The summed E-state index contributed by atoms with van der Waals surface area (Å²) in [4.78, 5) is 0. The number of nitrogens with zero attached hydrogens (tertiary/aromatic N) is 2. The normalized spacial score (nSPS) is 12.7. The van der Waals surface area contributed by atoms with Crippen LogP contribution >= 0.6 is 15.9 Å². The van der Waals surface area contributed by atoms with Crippen LogP contribution in [0.15, 0.2) is 28.9 Å². The quantitative estimate of drug-likeness (QED) is 0.899. The standard InChI is InChI=1S/C15H19BrFN3/c1-4-7-18-14(15-12(16)9-19-20(15)3)11-8-10(2)5-6-13(11)17/h5-6,8-9,14,18H,4,7H2,1-3H3. The van der Waals surface area contributed by atoms with Gasteiger partial charge in [-0.05, 0) is 41.9 Å². The monoisotopic (exact) mass is 339 g/mol. The molecular weight excluding hydrogens is 321 g/mol. The van der Waals surface area contributed by atoms with E-state index in [1.54, 1.807) is 16.9 Å². The van der Waals surface area contributed by atoms with Crippen molar-refractivity contribution in [1.29, 1.82) is 0 Å². The van der Waals surface area contributed by atoms with Crippen molar-refractivity contribution < 1.29 is 4.39 Å². The lowest BCUT2D eigenvalue weighted by Crippen LogP contribution is -2.26. The summed E-state index contributed by atoms with van der Waals surface area (Å²) in [6.45, 7) is 4.88. The summed E-state index contributed by atoms with van der Waals surface area (Å²) in [5.74, 6) is -0.197. The fraction of sp³-hybridized carbons (Fsp3) is 0.400. The Bertz CT molecular complexity index is 575. The smallest absolute Gasteiger partial charge is 0.128 e. The average Bonchev–Trinajstić information content (AvgIpc) is 2.74. The van der Waals surface area contributed by atoms with Crippen molar-refractivity contribution in [2.24, 2.45) is 7.05 Å². The minimum atomic E-state index is -0.211. The van der Waals surface area contributed by atoms with Crippen molar-refractivity contribution in [3.63, 3.8) is 0 Å². The summed E-state index contributed by atoms with van der Waals surface area (Å²) in [5.41, 5.74) is 2.63. The summed E-state index contributed by atoms with van der Waals surface area (Å²) in [5, 5.41) is 7.64. The Morgan fingerprint density at radius 1 is 1.45 bits per heavy atom. The third-order valence-electron chi connectivity index (χ3n) is 3.27. The van der Waals surface area contributed by atoms with Crippen LogP contribution in [0, 0.1) is 12.7 Å². The van der Waals surface area contributed by atoms with Gasteiger partial charge in [-0.2, -0.15) is 5.10 Å². The molecule has 1 unspecified atom stereocenters. The molecule has 0 fully saturated rings. The predicted octanol–water partition coefficient (Wildman–Crippen LogP) is 3.72. The molecule has 0 radical (unpaired) electrons. The number of aryl methyl sites for hydroxylation is 2. The number of hydrogen-bond acceptors (Lipinski definition) is 2. The minimum absolute atomic E-state index is 0.197. The molecule has 0 saturated heterocycles. The highest BCUT2D eigenvalue weighted by molar-refractivity contribution is 9.10. The molecule has 5 heteroatoms. The summed E-state index contributed by atoms with van der Waals surface area (Å²) in [6.07, 6.45) is 2.73. The fourth-order valence-corrected chi connectivity index (χ4v) is 2.85. The van der Waals surface area contributed by atoms with Gasteiger partial charge in [-0.3, -0.25) is 4.68 Å². The van der Waals surface area contributed by atoms with E-state index in [0.717, 1.165) is 28.7 Å². The van der Waals surface area contributed by atoms with E-state index in [0.29, 0.717) is 5.56 Å². The Kier molecular flexibility index (Phi) is 4.94. The lowest BCUT2D eigenvalue weighted by atomic mass is 10.0. The van der Waals surface area contributed by atoms with Gasteiger partial charge in [0.05, 0.1) is 22.4 Å². The Labute approximate surface area is 127 Å². The van der Waals surface area contributed by atoms with Crippen LogP contribution in [-0.2, 0) is 7.05 Å². The number of benzene rings is 1. The number of hydrogen-bond donors (Lipinski definition) is 1. The number of aromatic nitrogens is 2. The van der Waals surface area contributed by atoms with Gasteiger partial charge in [-0.25, -0.2) is 4.39 Å². The first-order valence-corrected chi connectivity index (χ1v) is 7.50. The van der Waals surface area contributed by atoms with Gasteiger partial charge in [-0.1, -0.05) is 24.6 Å². The zero-order valence-corrected chi connectivity index (χ0v) is 13.5. The fourth-order valence-electron chi connectivity index (χ4n) is 2.27. The Balaban J connectivity index is 2.50. The molecule has 0 saturated carbocycles. The second-order valence-electron chi connectivity index (χ2n) is 4.91. The summed E-state index contributed by atoms with van der Waals surface area (Å²) >= 11 is 3.50. The lowest BCUT2D eigenvalue weighted by Gasteiger charge is -2.21. The predicted molar refractivity (Wildman–Crippen MR) is 82.2 cm³/mol. The number of halogens is 2. The van der Waals surface area contributed by atoms with Crippen LogP contribution in [0.2, 0.25) is 0 Å². The van der Waals surface area contributed by atoms with Gasteiger partial charge in [0.2, 0.25) is 0 Å². The molecule has 0 spiro atoms. The first-order valence-electron chi connectivity index (χ1n) is 6.71. The van der Waals surface area contributed by atoms with Gasteiger partial charge >= 0.3 is 0 Å². The van der Waals surface area contributed by atoms with Crippen molar-refractivity contribution in [2.45, 2.75) is 26.3 Å². The second-order valence-corrected chi connectivity index (χ2v) is 5.77. The zero-order chi connectivity index (χ0) is 14.7. The first kappa shape index (κ1) is 15.2. The van der Waals surface area contributed by atoms with E-state index in [9.17, 15) is 4.39 Å². The van der Waals surface area contributed by atoms with E-state index < -0.39 is 0 Å². The third kappa shape index (κ3) is 3.10. The molecule has 0 bridgehead atoms. The van der Waals surface area contributed by atoms with Crippen molar-refractivity contribution in [3.8, 4) is 0 Å². The van der Waals surface area contributed by atoms with Crippen LogP contribution in [0.25, 0.3) is 0 Å². The Morgan fingerprint density at radius 3 is 2.80 bits per heavy atom. The van der Waals surface area contributed by atoms with Crippen molar-refractivity contribution in [1.82, 2.24) is 15.1 Å². The maximum atomic E-state index is 14.2. The molecule has 0 aliphatic heterocycles. The van der Waals surface area contributed by atoms with Crippen molar-refractivity contribution in [2.75, 3.05) is 6.54 Å². The highest BCUT2D eigenvalue weighted by Gasteiger charge is 2.23. The molecule has 1 aromatic heterocycles. The molecule has 1 heterocycles. The van der Waals surface area contributed by atoms with E-state index >= 15 is 0 Å². The van der Waals surface area contributed by atoms with Gasteiger partial charge in [-0.15, -0.1) is 0 Å². The molecule has 2 rings (SSSR count). The van der Waals surface area contributed by atoms with Crippen LogP contribution in [0.1, 0.15) is 36.2 Å². The lowest BCUT2D eigenvalue weighted by molar-refractivity contribution is 0.518. The molecular formula is C15H19BrFN3. The molecule has 3 nitrogen and oxygen atoms in total. The first-order chi connectivity index (χ1) is 9.54. The highest BCUT2D eigenvalue weighted by atomic mass is 79.9. The van der Waals surface area contributed by atoms with Crippen LogP contribution in [-0.4, -0.2) is 16.3 Å². The molecule has 1 N–H and O–H groups in total. The second kappa shape index (κ2) is 6.50. The van der Waals surface area contributed by atoms with Gasteiger partial charge in [0, 0.05) is 12.6 Å². The van der Waals surface area contributed by atoms with Crippen molar-refractivity contribution >= 4 is 15.9 Å². The van der Waals surface area contributed by atoms with E-state index in [4.69, 9.17) is 0 Å². The van der Waals surface area contributed by atoms with E-state index in [2.05, 4.69) is 33.3 Å². The Morgan fingerprint density at radius 2 is 2.20 bits per heavy atom. The molecule has 108 valence electrons. The highest BCUT2D eigenvalue weighted by Crippen LogP contribution is 2.30. The SMILES string of the molecule is CCCNC(c1cc(C)ccc1F)c1c(Br)cnn1C. The van der Waals surface area contributed by atoms with Crippen LogP contribution < -0.4 is 5.32 Å². The van der Waals surface area contributed by atoms with Crippen molar-refractivity contribution in [3.05, 3.63) is 51.5 Å². The van der Waals surface area contributed by atoms with E-state index in [1.165, 1.54) is 6.07 Å². The molecule has 0 amide bonds. The minimum Gasteiger partial charge on any atom is -0.305 e. The maximum absolute atomic E-state index is 14.2. The van der Waals surface area contributed by atoms with Gasteiger partial charge < -0.3 is 5.32 Å². The summed E-state index contributed by atoms with van der Waals surface area (Å²) < 4.78 is 16.9. The van der Waals surface area contributed by atoms with Gasteiger partial charge in [0.25, 0.3) is 0 Å². The summed E-state index contributed by atoms with van der Waals surface area (Å²) in [6, 6.07) is 4.99. The zero-order valence-electron chi connectivity index (χ0n) is 12.0. The summed E-state index contributed by atoms with van der Waals surface area (Å²) in [7, 11) is 1.87. The molecule has 0 aliphatic rings. The van der Waals surface area contributed by atoms with Gasteiger partial charge in [0.15, 0.2) is 0 Å². The number of nitrogens with one attached hydrogen (secondary N) is 1. The largest absolute Gasteiger partial charge is 0.305 e. The van der Waals surface area contributed by atoms with E-state index in [-0.39, 0.29) is 11.9 Å². The van der Waals surface area contributed by atoms with Crippen LogP contribution in [0.4, 0.5) is 4.39 Å². The molecule has 0 aliphatic carbocycles. The maximum Gasteiger partial charge on any atom is 0.128 e. The van der Waals surface area contributed by atoms with Crippen LogP contribution in [0.3, 0.4) is 0 Å². The Hall–Kier alpha value is -1.20. The molecule has 1 aromatic carbocycles.